The molecule has 1 amide bonds. The molecular formula is C11H18N4O2. The molecule has 6 heteroatoms. The average molecular weight is 238 g/mol. The summed E-state index contributed by atoms with van der Waals surface area (Å²) in [4.78, 5) is 18.9. The number of hydrogen-bond donors (Lipinski definition) is 3. The van der Waals surface area contributed by atoms with Crippen LogP contribution in [0.3, 0.4) is 0 Å². The number of amides is 1. The number of hydrogen-bond acceptors (Lipinski definition) is 4. The molecule has 17 heavy (non-hydrogen) atoms. The number of aromatic amines is 1. The number of carbonyl (C=O) groups excluding carboxylic acids is 1. The maximum Gasteiger partial charge on any atom is 0.227 e. The minimum Gasteiger partial charge on any atom is -0.379 e. The van der Waals surface area contributed by atoms with Gasteiger partial charge in [-0.05, 0) is 6.42 Å². The van der Waals surface area contributed by atoms with E-state index >= 15 is 0 Å². The second kappa shape index (κ2) is 5.79. The van der Waals surface area contributed by atoms with E-state index in [2.05, 4.69) is 15.3 Å². The molecule has 0 bridgehead atoms. The number of nitrogens with one attached hydrogen (secondary N) is 2. The molecule has 0 spiro atoms. The topological polar surface area (TPSA) is 93.0 Å². The van der Waals surface area contributed by atoms with E-state index < -0.39 is 0 Å². The van der Waals surface area contributed by atoms with Gasteiger partial charge in [-0.1, -0.05) is 0 Å². The van der Waals surface area contributed by atoms with Gasteiger partial charge in [0.2, 0.25) is 5.91 Å². The summed E-state index contributed by atoms with van der Waals surface area (Å²) in [6, 6.07) is -0.167. The Morgan fingerprint density at radius 1 is 1.65 bits per heavy atom. The number of nitrogens with zero attached hydrogens (tertiary/aromatic N) is 1. The summed E-state index contributed by atoms with van der Waals surface area (Å²) in [5, 5.41) is 2.88. The van der Waals surface area contributed by atoms with Gasteiger partial charge in [-0.15, -0.1) is 0 Å². The van der Waals surface area contributed by atoms with Gasteiger partial charge >= 0.3 is 0 Å². The summed E-state index contributed by atoms with van der Waals surface area (Å²) >= 11 is 0. The Labute approximate surface area is 99.9 Å². The lowest BCUT2D eigenvalue weighted by Crippen LogP contribution is -2.41. The molecule has 94 valence electrons. The van der Waals surface area contributed by atoms with Crippen molar-refractivity contribution in [3.63, 3.8) is 0 Å². The first-order chi connectivity index (χ1) is 8.27. The molecule has 0 aliphatic carbocycles. The van der Waals surface area contributed by atoms with Gasteiger partial charge < -0.3 is 20.8 Å². The van der Waals surface area contributed by atoms with Crippen molar-refractivity contribution < 1.29 is 9.53 Å². The number of ether oxygens (including phenoxy) is 1. The summed E-state index contributed by atoms with van der Waals surface area (Å²) < 4.78 is 5.15. The fraction of sp³-hybridized carbons (Fsp3) is 0.636. The van der Waals surface area contributed by atoms with Crippen LogP contribution in [0, 0.1) is 5.92 Å². The molecule has 2 rings (SSSR count). The van der Waals surface area contributed by atoms with Gasteiger partial charge in [0.05, 0.1) is 19.1 Å². The standard InChI is InChI=1S/C11H18N4O2/c12-9-7-17-6-8(9)11(16)15-3-1-2-10-13-4-5-14-10/h4-5,8-9H,1-3,6-7,12H2,(H,13,14)(H,15,16). The van der Waals surface area contributed by atoms with Gasteiger partial charge in [-0.2, -0.15) is 0 Å². The molecule has 4 N–H and O–H groups in total. The van der Waals surface area contributed by atoms with Crippen LogP contribution in [-0.4, -0.2) is 41.7 Å². The zero-order valence-corrected chi connectivity index (χ0v) is 9.69. The van der Waals surface area contributed by atoms with E-state index in [-0.39, 0.29) is 17.9 Å². The normalized spacial score (nSPS) is 23.8. The number of aryl methyl sites for hydroxylation is 1. The summed E-state index contributed by atoms with van der Waals surface area (Å²) in [5.74, 6) is 0.744. The van der Waals surface area contributed by atoms with Crippen molar-refractivity contribution in [1.82, 2.24) is 15.3 Å². The second-order valence-corrected chi connectivity index (χ2v) is 4.24. The van der Waals surface area contributed by atoms with Crippen LogP contribution in [0.4, 0.5) is 0 Å². The van der Waals surface area contributed by atoms with Gasteiger partial charge in [0.25, 0.3) is 0 Å². The Kier molecular flexibility index (Phi) is 4.11. The van der Waals surface area contributed by atoms with Crippen molar-refractivity contribution in [2.24, 2.45) is 11.7 Å². The van der Waals surface area contributed by atoms with Gasteiger partial charge in [-0.3, -0.25) is 4.79 Å². The van der Waals surface area contributed by atoms with Crippen LogP contribution in [-0.2, 0) is 16.0 Å². The Hall–Kier alpha value is -1.40. The highest BCUT2D eigenvalue weighted by atomic mass is 16.5. The SMILES string of the molecule is NC1COCC1C(=O)NCCCc1ncc[nH]1. The summed E-state index contributed by atoms with van der Waals surface area (Å²) in [6.07, 6.45) is 5.22. The number of imidazole rings is 1. The Morgan fingerprint density at radius 2 is 2.53 bits per heavy atom. The molecule has 0 saturated carbocycles. The van der Waals surface area contributed by atoms with Crippen molar-refractivity contribution in [3.8, 4) is 0 Å². The van der Waals surface area contributed by atoms with Crippen molar-refractivity contribution in [2.75, 3.05) is 19.8 Å². The van der Waals surface area contributed by atoms with Gasteiger partial charge in [0.1, 0.15) is 5.82 Å². The molecule has 0 aromatic carbocycles. The third kappa shape index (κ3) is 3.28. The first-order valence-corrected chi connectivity index (χ1v) is 5.86. The minimum absolute atomic E-state index is 0.00514. The fourth-order valence-electron chi connectivity index (χ4n) is 1.87. The Morgan fingerprint density at radius 3 is 3.18 bits per heavy atom. The summed E-state index contributed by atoms with van der Waals surface area (Å²) in [5.41, 5.74) is 5.76. The van der Waals surface area contributed by atoms with Gasteiger partial charge in [0.15, 0.2) is 0 Å². The predicted molar refractivity (Wildman–Crippen MR) is 62.2 cm³/mol. The van der Waals surface area contributed by atoms with Crippen LogP contribution in [0.25, 0.3) is 0 Å². The molecular weight excluding hydrogens is 220 g/mol. The van der Waals surface area contributed by atoms with Crippen molar-refractivity contribution in [3.05, 3.63) is 18.2 Å². The minimum atomic E-state index is -0.196. The smallest absolute Gasteiger partial charge is 0.227 e. The lowest BCUT2D eigenvalue weighted by Gasteiger charge is -2.12. The molecule has 2 atom stereocenters. The first-order valence-electron chi connectivity index (χ1n) is 5.86. The molecule has 1 aliphatic rings. The van der Waals surface area contributed by atoms with E-state index in [4.69, 9.17) is 10.5 Å². The Bertz CT molecular complexity index is 352. The number of carbonyl (C=O) groups is 1. The highest BCUT2D eigenvalue weighted by molar-refractivity contribution is 5.79. The molecule has 2 heterocycles. The number of aromatic nitrogens is 2. The first kappa shape index (κ1) is 12.1. The van der Waals surface area contributed by atoms with Crippen LogP contribution in [0.1, 0.15) is 12.2 Å². The third-order valence-corrected chi connectivity index (χ3v) is 2.91. The highest BCUT2D eigenvalue weighted by Gasteiger charge is 2.30. The fourth-order valence-corrected chi connectivity index (χ4v) is 1.87. The number of nitrogens with two attached hydrogens (primary N) is 1. The van der Waals surface area contributed by atoms with E-state index in [1.54, 1.807) is 12.4 Å². The van der Waals surface area contributed by atoms with Crippen molar-refractivity contribution in [1.29, 1.82) is 0 Å². The largest absolute Gasteiger partial charge is 0.379 e. The molecule has 1 aromatic rings. The quantitative estimate of drug-likeness (QED) is 0.599. The third-order valence-electron chi connectivity index (χ3n) is 2.91. The number of H-pyrrole nitrogens is 1. The van der Waals surface area contributed by atoms with E-state index in [0.717, 1.165) is 18.7 Å². The average Bonchev–Trinajstić information content (AvgIpc) is 2.95. The predicted octanol–water partition coefficient (Wildman–Crippen LogP) is -0.568. The maximum atomic E-state index is 11.7. The molecule has 2 unspecified atom stereocenters. The second-order valence-electron chi connectivity index (χ2n) is 4.24. The molecule has 1 fully saturated rings. The Balaban J connectivity index is 1.63. The zero-order valence-electron chi connectivity index (χ0n) is 9.69. The summed E-state index contributed by atoms with van der Waals surface area (Å²) in [6.45, 7) is 1.55. The van der Waals surface area contributed by atoms with E-state index in [1.807, 2.05) is 0 Å². The molecule has 1 saturated heterocycles. The highest BCUT2D eigenvalue weighted by Crippen LogP contribution is 2.11. The maximum absolute atomic E-state index is 11.7. The zero-order chi connectivity index (χ0) is 12.1. The van der Waals surface area contributed by atoms with Crippen molar-refractivity contribution >= 4 is 5.91 Å². The molecule has 1 aliphatic heterocycles. The van der Waals surface area contributed by atoms with Crippen LogP contribution >= 0.6 is 0 Å². The van der Waals surface area contributed by atoms with E-state index in [1.165, 1.54) is 0 Å². The van der Waals surface area contributed by atoms with E-state index in [9.17, 15) is 4.79 Å². The summed E-state index contributed by atoms with van der Waals surface area (Å²) in [7, 11) is 0. The lowest BCUT2D eigenvalue weighted by molar-refractivity contribution is -0.125. The van der Waals surface area contributed by atoms with Crippen molar-refractivity contribution in [2.45, 2.75) is 18.9 Å². The van der Waals surface area contributed by atoms with Crippen LogP contribution in [0.2, 0.25) is 0 Å². The van der Waals surface area contributed by atoms with Crippen LogP contribution < -0.4 is 11.1 Å². The molecule has 0 radical (unpaired) electrons. The monoisotopic (exact) mass is 238 g/mol. The lowest BCUT2D eigenvalue weighted by atomic mass is 10.0. The van der Waals surface area contributed by atoms with Gasteiger partial charge in [0, 0.05) is 31.4 Å². The van der Waals surface area contributed by atoms with Crippen LogP contribution in [0.15, 0.2) is 12.4 Å². The van der Waals surface area contributed by atoms with E-state index in [0.29, 0.717) is 19.8 Å². The number of rotatable bonds is 5. The van der Waals surface area contributed by atoms with Gasteiger partial charge in [-0.25, -0.2) is 4.98 Å². The molecule has 6 nitrogen and oxygen atoms in total. The van der Waals surface area contributed by atoms with Crippen LogP contribution in [0.5, 0.6) is 0 Å². The molecule has 1 aromatic heterocycles.